The number of hydrogen-bond donors (Lipinski definition) is 1. The third-order valence-electron chi connectivity index (χ3n) is 2.05. The molecule has 3 nitrogen and oxygen atoms in total. The van der Waals surface area contributed by atoms with E-state index >= 15 is 0 Å². The van der Waals surface area contributed by atoms with Crippen LogP contribution >= 0.6 is 22.9 Å². The fourth-order valence-corrected chi connectivity index (χ4v) is 2.45. The van der Waals surface area contributed by atoms with Gasteiger partial charge in [-0.25, -0.2) is 9.97 Å². The zero-order valence-electron chi connectivity index (χ0n) is 8.84. The van der Waals surface area contributed by atoms with Crippen LogP contribution in [0.2, 0.25) is 5.15 Å². The molecule has 2 N–H and O–H groups in total. The van der Waals surface area contributed by atoms with Gasteiger partial charge < -0.3 is 5.73 Å². The first-order valence-corrected chi connectivity index (χ1v) is 5.80. The van der Waals surface area contributed by atoms with Crippen molar-refractivity contribution in [1.82, 2.24) is 9.97 Å². The van der Waals surface area contributed by atoms with Gasteiger partial charge in [0, 0.05) is 10.3 Å². The number of rotatable bonds is 1. The molecule has 0 aliphatic rings. The fraction of sp³-hybridized carbons (Fsp3) is 0.400. The van der Waals surface area contributed by atoms with Gasteiger partial charge in [-0.15, -0.1) is 11.3 Å². The Labute approximate surface area is 97.3 Å². The highest BCUT2D eigenvalue weighted by Gasteiger charge is 2.20. The van der Waals surface area contributed by atoms with Crippen LogP contribution in [-0.2, 0) is 5.54 Å². The largest absolute Gasteiger partial charge is 0.319 e. The first-order valence-electron chi connectivity index (χ1n) is 4.61. The van der Waals surface area contributed by atoms with Crippen LogP contribution in [0.1, 0.15) is 24.5 Å². The minimum atomic E-state index is -0.560. The van der Waals surface area contributed by atoms with Gasteiger partial charge in [0.1, 0.15) is 9.98 Å². The molecule has 0 aliphatic heterocycles. The predicted octanol–water partition coefficient (Wildman–Crippen LogP) is 2.85. The van der Waals surface area contributed by atoms with Gasteiger partial charge in [-0.1, -0.05) is 11.6 Å². The molecule has 0 aromatic carbocycles. The number of aromatic nitrogens is 2. The summed E-state index contributed by atoms with van der Waals surface area (Å²) < 4.78 is 0. The van der Waals surface area contributed by atoms with E-state index < -0.39 is 5.54 Å². The molecule has 5 heteroatoms. The number of nitrogens with zero attached hydrogens (tertiary/aromatic N) is 2. The number of hydrogen-bond acceptors (Lipinski definition) is 4. The van der Waals surface area contributed by atoms with Crippen LogP contribution in [0.5, 0.6) is 0 Å². The number of thiophene rings is 1. The maximum absolute atomic E-state index is 6.08. The van der Waals surface area contributed by atoms with Crippen molar-refractivity contribution in [2.75, 3.05) is 0 Å². The summed E-state index contributed by atoms with van der Waals surface area (Å²) in [6.07, 6.45) is 0. The summed E-state index contributed by atoms with van der Waals surface area (Å²) in [5.41, 5.74) is 5.38. The maximum Gasteiger partial charge on any atom is 0.150 e. The van der Waals surface area contributed by atoms with Crippen LogP contribution in [0.25, 0.3) is 10.2 Å². The lowest BCUT2D eigenvalue weighted by Gasteiger charge is -2.16. The Kier molecular flexibility index (Phi) is 2.45. The van der Waals surface area contributed by atoms with Crippen LogP contribution in [0, 0.1) is 6.92 Å². The van der Waals surface area contributed by atoms with Gasteiger partial charge in [-0.3, -0.25) is 0 Å². The minimum Gasteiger partial charge on any atom is -0.319 e. The number of aryl methyl sites for hydroxylation is 1. The second-order valence-corrected chi connectivity index (χ2v) is 5.73. The third-order valence-corrected chi connectivity index (χ3v) is 3.28. The molecule has 0 saturated carbocycles. The maximum atomic E-state index is 6.08. The summed E-state index contributed by atoms with van der Waals surface area (Å²) in [5, 5.41) is 1.39. The normalized spacial score (nSPS) is 12.3. The Hall–Kier alpha value is -0.710. The molecule has 80 valence electrons. The molecule has 0 radical (unpaired) electrons. The molecule has 2 rings (SSSR count). The van der Waals surface area contributed by atoms with E-state index in [-0.39, 0.29) is 0 Å². The quantitative estimate of drug-likeness (QED) is 0.782. The topological polar surface area (TPSA) is 51.8 Å². The van der Waals surface area contributed by atoms with Crippen LogP contribution < -0.4 is 5.73 Å². The monoisotopic (exact) mass is 241 g/mol. The Bertz CT molecular complexity index is 513. The van der Waals surface area contributed by atoms with E-state index in [4.69, 9.17) is 17.3 Å². The van der Waals surface area contributed by atoms with Crippen molar-refractivity contribution < 1.29 is 0 Å². The lowest BCUT2D eigenvalue weighted by atomic mass is 10.1. The van der Waals surface area contributed by atoms with Crippen molar-refractivity contribution in [2.45, 2.75) is 26.3 Å². The highest BCUT2D eigenvalue weighted by atomic mass is 35.5. The van der Waals surface area contributed by atoms with E-state index in [1.54, 1.807) is 11.3 Å². The van der Waals surface area contributed by atoms with Crippen molar-refractivity contribution >= 4 is 33.2 Å². The number of nitrogens with two attached hydrogens (primary N) is 1. The molecule has 0 fully saturated rings. The first kappa shape index (κ1) is 10.8. The summed E-state index contributed by atoms with van der Waals surface area (Å²) in [7, 11) is 0. The number of halogens is 1. The molecule has 0 unspecified atom stereocenters. The molecule has 2 aromatic heterocycles. The highest BCUT2D eigenvalue weighted by Crippen LogP contribution is 2.29. The fourth-order valence-electron chi connectivity index (χ4n) is 1.30. The molecule has 0 atom stereocenters. The molecule has 0 amide bonds. The smallest absolute Gasteiger partial charge is 0.150 e. The summed E-state index contributed by atoms with van der Waals surface area (Å²) in [6, 6.07) is 2.00. The Morgan fingerprint density at radius 3 is 2.67 bits per heavy atom. The average molecular weight is 242 g/mol. The Morgan fingerprint density at radius 2 is 2.07 bits per heavy atom. The van der Waals surface area contributed by atoms with Crippen LogP contribution in [0.15, 0.2) is 6.07 Å². The van der Waals surface area contributed by atoms with Crippen molar-refractivity contribution in [3.63, 3.8) is 0 Å². The van der Waals surface area contributed by atoms with Gasteiger partial charge in [-0.05, 0) is 26.8 Å². The van der Waals surface area contributed by atoms with E-state index in [0.29, 0.717) is 11.0 Å². The zero-order chi connectivity index (χ0) is 11.2. The number of fused-ring (bicyclic) bond motifs is 1. The van der Waals surface area contributed by atoms with Crippen molar-refractivity contribution in [3.8, 4) is 0 Å². The standard InChI is InChI=1S/C10H12ClN3S/c1-5-4-6-7(11)13-9(10(2,3)12)14-8(6)15-5/h4H,12H2,1-3H3. The van der Waals surface area contributed by atoms with Gasteiger partial charge in [-0.2, -0.15) is 0 Å². The molecule has 0 spiro atoms. The molecule has 15 heavy (non-hydrogen) atoms. The first-order chi connectivity index (χ1) is 6.88. The summed E-state index contributed by atoms with van der Waals surface area (Å²) in [6.45, 7) is 5.76. The Balaban J connectivity index is 2.72. The van der Waals surface area contributed by atoms with Crippen molar-refractivity contribution in [1.29, 1.82) is 0 Å². The summed E-state index contributed by atoms with van der Waals surface area (Å²) >= 11 is 7.69. The van der Waals surface area contributed by atoms with Gasteiger partial charge in [0.05, 0.1) is 5.54 Å². The summed E-state index contributed by atoms with van der Waals surface area (Å²) in [5.74, 6) is 0.585. The lowest BCUT2D eigenvalue weighted by Crippen LogP contribution is -2.31. The van der Waals surface area contributed by atoms with E-state index in [0.717, 1.165) is 10.2 Å². The van der Waals surface area contributed by atoms with Gasteiger partial charge in [0.2, 0.25) is 0 Å². The lowest BCUT2D eigenvalue weighted by molar-refractivity contribution is 0.517. The molecule has 0 bridgehead atoms. The second-order valence-electron chi connectivity index (χ2n) is 4.14. The van der Waals surface area contributed by atoms with Crippen molar-refractivity contribution in [3.05, 3.63) is 21.9 Å². The zero-order valence-corrected chi connectivity index (χ0v) is 10.4. The Morgan fingerprint density at radius 1 is 1.40 bits per heavy atom. The molecular formula is C10H12ClN3S. The van der Waals surface area contributed by atoms with E-state index in [9.17, 15) is 0 Å². The van der Waals surface area contributed by atoms with Crippen LogP contribution in [0.3, 0.4) is 0 Å². The molecule has 2 heterocycles. The SMILES string of the molecule is Cc1cc2c(Cl)nc(C(C)(C)N)nc2s1. The molecule has 0 saturated heterocycles. The predicted molar refractivity (Wildman–Crippen MR) is 64.4 cm³/mol. The van der Waals surface area contributed by atoms with Gasteiger partial charge in [0.15, 0.2) is 5.82 Å². The molecule has 0 aliphatic carbocycles. The summed E-state index contributed by atoms with van der Waals surface area (Å²) in [4.78, 5) is 10.7. The van der Waals surface area contributed by atoms with E-state index in [2.05, 4.69) is 9.97 Å². The van der Waals surface area contributed by atoms with Crippen LogP contribution in [0.4, 0.5) is 0 Å². The second kappa shape index (κ2) is 3.40. The van der Waals surface area contributed by atoms with Gasteiger partial charge in [0.25, 0.3) is 0 Å². The van der Waals surface area contributed by atoms with Crippen LogP contribution in [-0.4, -0.2) is 9.97 Å². The van der Waals surface area contributed by atoms with Crippen molar-refractivity contribution in [2.24, 2.45) is 5.73 Å². The molecular weight excluding hydrogens is 230 g/mol. The van der Waals surface area contributed by atoms with E-state index in [1.807, 2.05) is 26.8 Å². The minimum absolute atomic E-state index is 0.484. The van der Waals surface area contributed by atoms with Gasteiger partial charge >= 0.3 is 0 Å². The third kappa shape index (κ3) is 1.97. The molecule has 2 aromatic rings. The average Bonchev–Trinajstić information content (AvgIpc) is 2.44. The van der Waals surface area contributed by atoms with E-state index in [1.165, 1.54) is 4.88 Å². The highest BCUT2D eigenvalue weighted by molar-refractivity contribution is 7.18.